The fourth-order valence-corrected chi connectivity index (χ4v) is 3.94. The van der Waals surface area contributed by atoms with Gasteiger partial charge in [-0.3, -0.25) is 19.7 Å². The van der Waals surface area contributed by atoms with Crippen molar-refractivity contribution in [2.45, 2.75) is 26.8 Å². The minimum absolute atomic E-state index is 0.0402. The van der Waals surface area contributed by atoms with Crippen molar-refractivity contribution in [3.05, 3.63) is 74.8 Å². The molecule has 1 heterocycles. The number of hydrogen-bond donors (Lipinski definition) is 1. The zero-order chi connectivity index (χ0) is 25.9. The van der Waals surface area contributed by atoms with Gasteiger partial charge in [0, 0.05) is 30.8 Å². The summed E-state index contributed by atoms with van der Waals surface area (Å²) in [7, 11) is 3.70. The Balaban J connectivity index is 2.09. The quantitative estimate of drug-likeness (QED) is 0.190. The summed E-state index contributed by atoms with van der Waals surface area (Å²) in [4.78, 5) is 40.0. The zero-order valence-corrected chi connectivity index (χ0v) is 20.6. The number of likely N-dealkylation sites (tertiary alicyclic amines) is 1. The number of nitrogens with zero attached hydrogens (tertiary/aromatic N) is 3. The van der Waals surface area contributed by atoms with E-state index in [-0.39, 0.29) is 23.6 Å². The number of aliphatic hydroxyl groups excluding tert-OH is 1. The van der Waals surface area contributed by atoms with Crippen LogP contribution >= 0.6 is 0 Å². The Morgan fingerprint density at radius 1 is 1.17 bits per heavy atom. The number of rotatable bonds is 9. The molecule has 35 heavy (non-hydrogen) atoms. The van der Waals surface area contributed by atoms with E-state index in [4.69, 9.17) is 4.74 Å². The number of aryl methyl sites for hydroxylation is 1. The second-order valence-electron chi connectivity index (χ2n) is 9.33. The number of carbonyl (C=O) groups excluding carboxylic acids is 2. The highest BCUT2D eigenvalue weighted by molar-refractivity contribution is 6.46. The van der Waals surface area contributed by atoms with Gasteiger partial charge in [-0.05, 0) is 68.4 Å². The van der Waals surface area contributed by atoms with Crippen LogP contribution in [0.2, 0.25) is 0 Å². The lowest BCUT2D eigenvalue weighted by Gasteiger charge is -2.26. The van der Waals surface area contributed by atoms with E-state index in [0.717, 1.165) is 0 Å². The number of likely N-dealkylation sites (N-methyl/N-ethyl adjacent to an activating group) is 1. The number of aliphatic hydroxyl groups is 1. The number of ketones is 1. The van der Waals surface area contributed by atoms with E-state index in [1.165, 1.54) is 29.2 Å². The van der Waals surface area contributed by atoms with Crippen LogP contribution in [0.4, 0.5) is 5.69 Å². The maximum Gasteiger partial charge on any atom is 0.295 e. The molecule has 1 amide bonds. The number of carbonyl (C=O) groups is 2. The molecule has 2 aromatic carbocycles. The Kier molecular flexibility index (Phi) is 7.91. The van der Waals surface area contributed by atoms with Gasteiger partial charge in [0.25, 0.3) is 17.4 Å². The first-order valence-corrected chi connectivity index (χ1v) is 11.4. The van der Waals surface area contributed by atoms with E-state index < -0.39 is 22.7 Å². The molecule has 1 aliphatic heterocycles. The van der Waals surface area contributed by atoms with Crippen molar-refractivity contribution in [1.29, 1.82) is 0 Å². The lowest BCUT2D eigenvalue weighted by Crippen LogP contribution is -2.35. The normalized spacial score (nSPS) is 17.5. The number of non-ortho nitro benzene ring substituents is 1. The highest BCUT2D eigenvalue weighted by Crippen LogP contribution is 2.40. The van der Waals surface area contributed by atoms with Crippen molar-refractivity contribution in [2.75, 3.05) is 33.8 Å². The van der Waals surface area contributed by atoms with Gasteiger partial charge in [0.05, 0.1) is 23.1 Å². The summed E-state index contributed by atoms with van der Waals surface area (Å²) in [6.07, 6.45) is 0. The zero-order valence-electron chi connectivity index (χ0n) is 20.6. The first-order chi connectivity index (χ1) is 16.5. The van der Waals surface area contributed by atoms with Crippen molar-refractivity contribution < 1.29 is 24.4 Å². The second kappa shape index (κ2) is 10.7. The Hall–Kier alpha value is -3.72. The summed E-state index contributed by atoms with van der Waals surface area (Å²) in [5.74, 6) is -0.795. The molecule has 0 spiro atoms. The van der Waals surface area contributed by atoms with E-state index in [0.29, 0.717) is 41.5 Å². The Bertz CT molecular complexity index is 1150. The van der Waals surface area contributed by atoms with Crippen molar-refractivity contribution >= 4 is 23.1 Å². The largest absolute Gasteiger partial charge is 0.507 e. The van der Waals surface area contributed by atoms with Crippen LogP contribution in [-0.2, 0) is 9.59 Å². The van der Waals surface area contributed by atoms with Crippen LogP contribution in [0.3, 0.4) is 0 Å². The third-order valence-corrected chi connectivity index (χ3v) is 5.78. The van der Waals surface area contributed by atoms with E-state index in [1.807, 2.05) is 32.8 Å². The standard InChI is InChI=1S/C26H31N3O6/c1-16(2)15-35-20-10-11-21(17(3)14-20)24(30)22-23(18-6-8-19(9-7-18)29(33)34)28(13-12-27(4)5)26(32)25(22)31/h6-11,14,16,23,30H,12-13,15H2,1-5H3. The SMILES string of the molecule is Cc1cc(OCC(C)C)ccc1C(O)=C1C(=O)C(=O)N(CCN(C)C)C1c1ccc([N+](=O)[O-])cc1. The highest BCUT2D eigenvalue weighted by Gasteiger charge is 2.46. The van der Waals surface area contributed by atoms with Crippen LogP contribution < -0.4 is 4.74 Å². The molecule has 3 rings (SSSR count). The number of Topliss-reactive ketones (excluding diaryl/α,β-unsaturated/α-hetero) is 1. The topological polar surface area (TPSA) is 113 Å². The lowest BCUT2D eigenvalue weighted by atomic mass is 9.93. The summed E-state index contributed by atoms with van der Waals surface area (Å²) in [6, 6.07) is 9.97. The Morgan fingerprint density at radius 3 is 2.37 bits per heavy atom. The molecule has 0 aromatic heterocycles. The molecule has 9 nitrogen and oxygen atoms in total. The van der Waals surface area contributed by atoms with Crippen LogP contribution in [0, 0.1) is 23.0 Å². The van der Waals surface area contributed by atoms with Gasteiger partial charge in [0.2, 0.25) is 0 Å². The van der Waals surface area contributed by atoms with Crippen LogP contribution in [-0.4, -0.2) is 65.3 Å². The monoisotopic (exact) mass is 481 g/mol. The van der Waals surface area contributed by atoms with Crippen LogP contribution in [0.1, 0.15) is 36.6 Å². The van der Waals surface area contributed by atoms with Crippen molar-refractivity contribution in [3.8, 4) is 5.75 Å². The number of nitro benzene ring substituents is 1. The molecule has 2 aromatic rings. The maximum atomic E-state index is 13.1. The van der Waals surface area contributed by atoms with Crippen molar-refractivity contribution in [3.63, 3.8) is 0 Å². The molecule has 1 saturated heterocycles. The number of nitro groups is 1. The van der Waals surface area contributed by atoms with E-state index >= 15 is 0 Å². The first-order valence-electron chi connectivity index (χ1n) is 11.4. The number of hydrogen-bond acceptors (Lipinski definition) is 7. The number of amides is 1. The molecule has 0 aliphatic carbocycles. The number of benzene rings is 2. The lowest BCUT2D eigenvalue weighted by molar-refractivity contribution is -0.384. The molecular formula is C26H31N3O6. The molecular weight excluding hydrogens is 450 g/mol. The van der Waals surface area contributed by atoms with Gasteiger partial charge in [-0.25, -0.2) is 0 Å². The van der Waals surface area contributed by atoms with E-state index in [9.17, 15) is 24.8 Å². The maximum absolute atomic E-state index is 13.1. The van der Waals surface area contributed by atoms with E-state index in [2.05, 4.69) is 0 Å². The third-order valence-electron chi connectivity index (χ3n) is 5.78. The average molecular weight is 482 g/mol. The van der Waals surface area contributed by atoms with Gasteiger partial charge in [-0.15, -0.1) is 0 Å². The van der Waals surface area contributed by atoms with Crippen LogP contribution in [0.15, 0.2) is 48.0 Å². The molecule has 1 aliphatic rings. The summed E-state index contributed by atoms with van der Waals surface area (Å²) in [5.41, 5.74) is 1.46. The molecule has 1 N–H and O–H groups in total. The van der Waals surface area contributed by atoms with Crippen LogP contribution in [0.25, 0.3) is 5.76 Å². The van der Waals surface area contributed by atoms with Gasteiger partial charge in [0.15, 0.2) is 0 Å². The molecule has 0 radical (unpaired) electrons. The fraction of sp³-hybridized carbons (Fsp3) is 0.385. The molecule has 1 atom stereocenters. The van der Waals surface area contributed by atoms with Gasteiger partial charge in [-0.2, -0.15) is 0 Å². The molecule has 1 unspecified atom stereocenters. The molecule has 9 heteroatoms. The fourth-order valence-electron chi connectivity index (χ4n) is 3.94. The highest BCUT2D eigenvalue weighted by atomic mass is 16.6. The Morgan fingerprint density at radius 2 is 1.83 bits per heavy atom. The first kappa shape index (κ1) is 25.9. The van der Waals surface area contributed by atoms with Gasteiger partial charge >= 0.3 is 0 Å². The molecule has 1 fully saturated rings. The van der Waals surface area contributed by atoms with Gasteiger partial charge < -0.3 is 19.6 Å². The minimum atomic E-state index is -0.868. The van der Waals surface area contributed by atoms with Crippen molar-refractivity contribution in [1.82, 2.24) is 9.80 Å². The second-order valence-corrected chi connectivity index (χ2v) is 9.33. The summed E-state index contributed by atoms with van der Waals surface area (Å²) < 4.78 is 5.75. The summed E-state index contributed by atoms with van der Waals surface area (Å²) in [5, 5.41) is 22.4. The van der Waals surface area contributed by atoms with Crippen LogP contribution in [0.5, 0.6) is 5.75 Å². The van der Waals surface area contributed by atoms with Gasteiger partial charge in [0.1, 0.15) is 11.5 Å². The predicted octanol–water partition coefficient (Wildman–Crippen LogP) is 3.92. The molecule has 0 bridgehead atoms. The Labute approximate surface area is 204 Å². The summed E-state index contributed by atoms with van der Waals surface area (Å²) in [6.45, 7) is 7.16. The molecule has 186 valence electrons. The van der Waals surface area contributed by atoms with Gasteiger partial charge in [-0.1, -0.05) is 13.8 Å². The minimum Gasteiger partial charge on any atom is -0.507 e. The molecule has 0 saturated carbocycles. The van der Waals surface area contributed by atoms with Crippen molar-refractivity contribution in [2.24, 2.45) is 5.92 Å². The van der Waals surface area contributed by atoms with E-state index in [1.54, 1.807) is 25.1 Å². The predicted molar refractivity (Wildman–Crippen MR) is 132 cm³/mol. The average Bonchev–Trinajstić information content (AvgIpc) is 3.05. The third kappa shape index (κ3) is 5.68. The smallest absolute Gasteiger partial charge is 0.295 e. The number of ether oxygens (including phenoxy) is 1. The summed E-state index contributed by atoms with van der Waals surface area (Å²) >= 11 is 0.